The van der Waals surface area contributed by atoms with E-state index in [-0.39, 0.29) is 12.1 Å². The number of anilines is 3. The summed E-state index contributed by atoms with van der Waals surface area (Å²) in [5, 5.41) is 19.7. The Morgan fingerprint density at radius 1 is 1.04 bits per heavy atom. The van der Waals surface area contributed by atoms with Crippen LogP contribution in [0.25, 0.3) is 11.0 Å². The highest BCUT2D eigenvalue weighted by atomic mass is 16.3. The third kappa shape index (κ3) is 3.73. The minimum absolute atomic E-state index is 0.00612. The molecule has 0 spiro atoms. The quantitative estimate of drug-likeness (QED) is 0.605. The van der Waals surface area contributed by atoms with Crippen LogP contribution >= 0.6 is 0 Å². The van der Waals surface area contributed by atoms with Crippen LogP contribution in [-0.2, 0) is 6.42 Å². The highest BCUT2D eigenvalue weighted by Gasteiger charge is 2.26. The first kappa shape index (κ1) is 17.6. The van der Waals surface area contributed by atoms with Crippen LogP contribution in [-0.4, -0.2) is 50.8 Å². The predicted octanol–water partition coefficient (Wildman–Crippen LogP) is 2.17. The van der Waals surface area contributed by atoms with Gasteiger partial charge in [-0.25, -0.2) is 15.0 Å². The van der Waals surface area contributed by atoms with Gasteiger partial charge < -0.3 is 21.1 Å². The number of aliphatic hydroxyl groups is 1. The Hall–Kier alpha value is -2.22. The summed E-state index contributed by atoms with van der Waals surface area (Å²) in [5.41, 5.74) is 2.34. The Labute approximate surface area is 147 Å². The van der Waals surface area contributed by atoms with Crippen molar-refractivity contribution in [3.63, 3.8) is 0 Å². The Kier molecular flexibility index (Phi) is 5.47. The second-order valence-corrected chi connectivity index (χ2v) is 6.37. The number of aryl methyl sites for hydroxylation is 1. The molecule has 2 atom stereocenters. The number of aliphatic hydroxyl groups excluding tert-OH is 1. The number of rotatable bonds is 7. The van der Waals surface area contributed by atoms with Crippen molar-refractivity contribution in [1.82, 2.24) is 19.9 Å². The van der Waals surface area contributed by atoms with Crippen LogP contribution in [0.3, 0.4) is 0 Å². The average Bonchev–Trinajstić information content (AvgIpc) is 3.03. The third-order valence-corrected chi connectivity index (χ3v) is 4.51. The van der Waals surface area contributed by atoms with Crippen LogP contribution in [0.4, 0.5) is 17.7 Å². The molecule has 0 aliphatic heterocycles. The molecule has 1 aliphatic carbocycles. The van der Waals surface area contributed by atoms with E-state index in [1.54, 1.807) is 0 Å². The second-order valence-electron chi connectivity index (χ2n) is 6.37. The van der Waals surface area contributed by atoms with Crippen molar-refractivity contribution in [1.29, 1.82) is 0 Å². The lowest BCUT2D eigenvalue weighted by molar-refractivity contribution is 0.171. The maximum Gasteiger partial charge on any atom is 0.225 e. The molecule has 8 nitrogen and oxygen atoms in total. The zero-order valence-electron chi connectivity index (χ0n) is 15.1. The molecule has 2 heterocycles. The molecule has 1 fully saturated rings. The van der Waals surface area contributed by atoms with Gasteiger partial charge in [-0.15, -0.1) is 0 Å². The van der Waals surface area contributed by atoms with Crippen molar-refractivity contribution in [2.75, 3.05) is 29.5 Å². The van der Waals surface area contributed by atoms with E-state index < -0.39 is 0 Å². The second kappa shape index (κ2) is 7.77. The van der Waals surface area contributed by atoms with E-state index in [0.717, 1.165) is 49.9 Å². The van der Waals surface area contributed by atoms with Crippen molar-refractivity contribution < 1.29 is 5.11 Å². The van der Waals surface area contributed by atoms with Crippen molar-refractivity contribution in [2.24, 2.45) is 0 Å². The Balaban J connectivity index is 2.01. The van der Waals surface area contributed by atoms with Crippen molar-refractivity contribution in [2.45, 2.75) is 58.1 Å². The van der Waals surface area contributed by atoms with Crippen molar-refractivity contribution >= 4 is 28.7 Å². The highest BCUT2D eigenvalue weighted by Crippen LogP contribution is 2.26. The zero-order valence-corrected chi connectivity index (χ0v) is 15.1. The molecule has 0 saturated heterocycles. The van der Waals surface area contributed by atoms with E-state index in [4.69, 9.17) is 0 Å². The molecule has 25 heavy (non-hydrogen) atoms. The van der Waals surface area contributed by atoms with E-state index in [0.29, 0.717) is 23.2 Å². The number of aromatic nitrogens is 4. The lowest BCUT2D eigenvalue weighted by atomic mass is 10.2. The first-order valence-electron chi connectivity index (χ1n) is 9.11. The largest absolute Gasteiger partial charge is 0.391 e. The summed E-state index contributed by atoms with van der Waals surface area (Å²) in [6, 6.07) is 0.00612. The predicted molar refractivity (Wildman–Crippen MR) is 100 cm³/mol. The highest BCUT2D eigenvalue weighted by molar-refractivity contribution is 5.88. The summed E-state index contributed by atoms with van der Waals surface area (Å²) in [7, 11) is 1.83. The lowest BCUT2D eigenvalue weighted by Crippen LogP contribution is -2.29. The molecule has 2 aromatic heterocycles. The summed E-state index contributed by atoms with van der Waals surface area (Å²) >= 11 is 0. The van der Waals surface area contributed by atoms with Crippen molar-refractivity contribution in [3.8, 4) is 0 Å². The molecule has 136 valence electrons. The Morgan fingerprint density at radius 2 is 1.84 bits per heavy atom. The first-order valence-corrected chi connectivity index (χ1v) is 9.11. The summed E-state index contributed by atoms with van der Waals surface area (Å²) in [5.74, 6) is 1.80. The van der Waals surface area contributed by atoms with E-state index in [2.05, 4.69) is 49.7 Å². The first-order chi connectivity index (χ1) is 12.2. The Morgan fingerprint density at radius 3 is 2.48 bits per heavy atom. The zero-order chi connectivity index (χ0) is 17.8. The number of nitrogens with zero attached hydrogens (tertiary/aromatic N) is 4. The fourth-order valence-corrected chi connectivity index (χ4v) is 3.15. The summed E-state index contributed by atoms with van der Waals surface area (Å²) in [6.07, 6.45) is 4.17. The molecule has 1 saturated carbocycles. The fourth-order valence-electron chi connectivity index (χ4n) is 3.15. The maximum atomic E-state index is 10.0. The van der Waals surface area contributed by atoms with Crippen LogP contribution in [0.1, 0.15) is 45.2 Å². The smallest absolute Gasteiger partial charge is 0.225 e. The molecule has 4 N–H and O–H groups in total. The molecule has 0 radical (unpaired) electrons. The van der Waals surface area contributed by atoms with Crippen LogP contribution in [0, 0.1) is 0 Å². The monoisotopic (exact) mass is 345 g/mol. The third-order valence-electron chi connectivity index (χ3n) is 4.51. The van der Waals surface area contributed by atoms with Crippen molar-refractivity contribution in [3.05, 3.63) is 5.69 Å². The number of hydrogen-bond donors (Lipinski definition) is 4. The minimum atomic E-state index is -0.343. The number of fused-ring (bicyclic) bond motifs is 1. The van der Waals surface area contributed by atoms with Crippen LogP contribution in [0.15, 0.2) is 0 Å². The lowest BCUT2D eigenvalue weighted by Gasteiger charge is -2.18. The van der Waals surface area contributed by atoms with Gasteiger partial charge in [0.25, 0.3) is 0 Å². The molecule has 3 rings (SSSR count). The number of hydrogen-bond acceptors (Lipinski definition) is 8. The molecule has 2 aromatic rings. The van der Waals surface area contributed by atoms with Gasteiger partial charge in [0.15, 0.2) is 5.82 Å². The van der Waals surface area contributed by atoms with Gasteiger partial charge in [0, 0.05) is 13.6 Å². The summed E-state index contributed by atoms with van der Waals surface area (Å²) in [4.78, 5) is 18.4. The average molecular weight is 345 g/mol. The molecular weight excluding hydrogens is 318 g/mol. The topological polar surface area (TPSA) is 108 Å². The van der Waals surface area contributed by atoms with Gasteiger partial charge in [-0.2, -0.15) is 4.98 Å². The van der Waals surface area contributed by atoms with Gasteiger partial charge >= 0.3 is 0 Å². The molecule has 0 aromatic carbocycles. The molecule has 0 amide bonds. The normalized spacial score (nSPS) is 20.0. The van der Waals surface area contributed by atoms with Gasteiger partial charge in [-0.3, -0.25) is 0 Å². The fraction of sp³-hybridized carbons (Fsp3) is 0.647. The summed E-state index contributed by atoms with van der Waals surface area (Å²) in [6.45, 7) is 4.97. The van der Waals surface area contributed by atoms with E-state index in [1.165, 1.54) is 0 Å². The van der Waals surface area contributed by atoms with E-state index in [9.17, 15) is 5.11 Å². The van der Waals surface area contributed by atoms with Crippen LogP contribution in [0.2, 0.25) is 0 Å². The van der Waals surface area contributed by atoms with Gasteiger partial charge in [0.05, 0.1) is 17.8 Å². The maximum absolute atomic E-state index is 10.0. The number of nitrogens with one attached hydrogen (secondary N) is 3. The van der Waals surface area contributed by atoms with E-state index in [1.807, 2.05) is 7.05 Å². The Bertz CT molecular complexity index is 736. The minimum Gasteiger partial charge on any atom is -0.391 e. The molecule has 8 heteroatoms. The van der Waals surface area contributed by atoms with Gasteiger partial charge in [-0.05, 0) is 32.1 Å². The summed E-state index contributed by atoms with van der Waals surface area (Å²) < 4.78 is 0. The molecular formula is C17H27N7O. The van der Waals surface area contributed by atoms with Gasteiger partial charge in [0.1, 0.15) is 11.0 Å². The molecule has 0 bridgehead atoms. The van der Waals surface area contributed by atoms with Gasteiger partial charge in [-0.1, -0.05) is 13.8 Å². The SMILES string of the molecule is CCCNc1nc(NC)c2nc(N[C@@H]3CCC[C@H]3O)nc(CC)c2n1. The molecule has 0 unspecified atom stereocenters. The molecule has 1 aliphatic rings. The van der Waals surface area contributed by atoms with E-state index >= 15 is 0 Å². The standard InChI is InChI=1S/C17H27N7O/c1-4-9-19-16-22-13-10(5-2)20-17(21-11-7-6-8-12(11)25)23-14(13)15(18-3)24-16/h11-12,25H,4-9H2,1-3H3,(H,20,21,23)(H2,18,19,22,24)/t11-,12-/m1/s1. The van der Waals surface area contributed by atoms with Crippen LogP contribution in [0.5, 0.6) is 0 Å². The van der Waals surface area contributed by atoms with Gasteiger partial charge in [0.2, 0.25) is 11.9 Å². The van der Waals surface area contributed by atoms with Crippen LogP contribution < -0.4 is 16.0 Å².